The minimum atomic E-state index is -0.269. The molecular weight excluding hydrogens is 546 g/mol. The maximum absolute atomic E-state index is 12.0. The second-order valence-corrected chi connectivity index (χ2v) is 10.6. The molecule has 0 fully saturated rings. The molecule has 0 saturated carbocycles. The molecule has 0 heterocycles. The van der Waals surface area contributed by atoms with Crippen molar-refractivity contribution in [2.45, 2.75) is 37.8 Å². The van der Waals surface area contributed by atoms with E-state index in [1.54, 1.807) is 0 Å². The van der Waals surface area contributed by atoms with E-state index in [0.717, 1.165) is 36.8 Å². The molecule has 4 aromatic carbocycles. The van der Waals surface area contributed by atoms with Crippen LogP contribution >= 0.6 is 11.6 Å². The van der Waals surface area contributed by atoms with Gasteiger partial charge >= 0.3 is 0 Å². The number of carbonyl (C=O) groups is 2. The first-order valence-electron chi connectivity index (χ1n) is 14.1. The Bertz CT molecular complexity index is 1540. The summed E-state index contributed by atoms with van der Waals surface area (Å²) in [7, 11) is 0. The number of rotatable bonds is 5. The van der Waals surface area contributed by atoms with E-state index in [9.17, 15) is 9.59 Å². The van der Waals surface area contributed by atoms with Crippen LogP contribution in [-0.2, 0) is 35.3 Å². The Morgan fingerprint density at radius 3 is 1.31 bits per heavy atom. The lowest BCUT2D eigenvalue weighted by atomic mass is 9.94. The molecule has 2 amide bonds. The number of nitrogens with one attached hydrogen (secondary N) is 2. The fraction of sp³-hybridized carbons (Fsp3) is 0.235. The van der Waals surface area contributed by atoms with Gasteiger partial charge in [-0.1, -0.05) is 102 Å². The van der Waals surface area contributed by atoms with Gasteiger partial charge in [0.25, 0.3) is 0 Å². The van der Waals surface area contributed by atoms with E-state index >= 15 is 0 Å². The summed E-state index contributed by atoms with van der Waals surface area (Å²) in [5.74, 6) is -0.418. The summed E-state index contributed by atoms with van der Waals surface area (Å²) in [6.45, 7) is -0.183. The summed E-state index contributed by atoms with van der Waals surface area (Å²) in [6, 6.07) is 32.6. The van der Waals surface area contributed by atoms with Gasteiger partial charge in [0, 0.05) is 4.91 Å². The van der Waals surface area contributed by atoms with Gasteiger partial charge in [0.2, 0.25) is 11.8 Å². The molecule has 212 valence electrons. The molecule has 0 aliphatic heterocycles. The smallest absolute Gasteiger partial charge is 0.235 e. The Labute approximate surface area is 250 Å². The molecule has 0 saturated heterocycles. The molecule has 4 aromatic rings. The Hall–Kier alpha value is -4.58. The second kappa shape index (κ2) is 13.9. The number of benzene rings is 4. The molecule has 0 spiro atoms. The van der Waals surface area contributed by atoms with Crippen molar-refractivity contribution in [2.24, 2.45) is 5.11 Å². The second-order valence-electron chi connectivity index (χ2n) is 10.3. The van der Waals surface area contributed by atoms with Crippen molar-refractivity contribution in [3.63, 3.8) is 0 Å². The molecule has 42 heavy (non-hydrogen) atoms. The highest BCUT2D eigenvalue weighted by Gasteiger charge is 2.25. The summed E-state index contributed by atoms with van der Waals surface area (Å²) in [4.78, 5) is 26.4. The molecule has 2 aliphatic carbocycles. The van der Waals surface area contributed by atoms with Crippen LogP contribution < -0.4 is 10.6 Å². The predicted octanol–water partition coefficient (Wildman–Crippen LogP) is 6.53. The first kappa shape index (κ1) is 28.9. The van der Waals surface area contributed by atoms with Gasteiger partial charge < -0.3 is 10.6 Å². The molecule has 0 radical (unpaired) electrons. The number of hydrogen-bond acceptors (Lipinski definition) is 3. The number of alkyl halides is 1. The van der Waals surface area contributed by atoms with Crippen LogP contribution in [0.3, 0.4) is 0 Å². The minimum Gasteiger partial charge on any atom is -0.345 e. The van der Waals surface area contributed by atoms with Crippen LogP contribution in [0.15, 0.2) is 102 Å². The van der Waals surface area contributed by atoms with Crippen molar-refractivity contribution in [2.75, 3.05) is 12.4 Å². The van der Waals surface area contributed by atoms with Crippen molar-refractivity contribution < 1.29 is 9.59 Å². The molecular formula is C34H32ClN5O2. The van der Waals surface area contributed by atoms with Gasteiger partial charge in [-0.15, -0.1) is 11.6 Å². The molecule has 2 N–H and O–H groups in total. The van der Waals surface area contributed by atoms with E-state index in [-0.39, 0.29) is 36.3 Å². The van der Waals surface area contributed by atoms with Crippen LogP contribution in [0.25, 0.3) is 10.4 Å². The fourth-order valence-corrected chi connectivity index (χ4v) is 5.94. The minimum absolute atomic E-state index is 0.0131. The first-order valence-corrected chi connectivity index (χ1v) is 14.6. The van der Waals surface area contributed by atoms with Crippen LogP contribution in [0, 0.1) is 0 Å². The molecule has 6 rings (SSSR count). The lowest BCUT2D eigenvalue weighted by Gasteiger charge is -2.21. The topological polar surface area (TPSA) is 107 Å². The third-order valence-corrected chi connectivity index (χ3v) is 8.04. The zero-order valence-electron chi connectivity index (χ0n) is 23.2. The van der Waals surface area contributed by atoms with Gasteiger partial charge in [-0.2, -0.15) is 0 Å². The van der Waals surface area contributed by atoms with Gasteiger partial charge in [0.1, 0.15) is 12.4 Å². The fourth-order valence-electron chi connectivity index (χ4n) is 5.86. The van der Waals surface area contributed by atoms with Crippen molar-refractivity contribution >= 4 is 23.4 Å². The SMILES string of the molecule is O=C(CCl)NC1c2ccccc2CCc2ccccc21.[N-]=[N+]=NCC(=O)NC1c2ccccc2CCc2ccccc21. The summed E-state index contributed by atoms with van der Waals surface area (Å²) >= 11 is 5.65. The number of hydrogen-bond donors (Lipinski definition) is 2. The highest BCUT2D eigenvalue weighted by atomic mass is 35.5. The maximum atomic E-state index is 12.0. The van der Waals surface area contributed by atoms with Crippen LogP contribution in [0.2, 0.25) is 0 Å². The number of carbonyl (C=O) groups excluding carboxylic acids is 2. The van der Waals surface area contributed by atoms with Crippen molar-refractivity contribution in [3.8, 4) is 0 Å². The summed E-state index contributed by atoms with van der Waals surface area (Å²) in [5.41, 5.74) is 18.0. The van der Waals surface area contributed by atoms with E-state index in [4.69, 9.17) is 17.1 Å². The zero-order valence-corrected chi connectivity index (χ0v) is 23.9. The van der Waals surface area contributed by atoms with Crippen LogP contribution in [-0.4, -0.2) is 24.2 Å². The summed E-state index contributed by atoms with van der Waals surface area (Å²) in [6.07, 6.45) is 3.91. The molecule has 7 nitrogen and oxygen atoms in total. The predicted molar refractivity (Wildman–Crippen MR) is 165 cm³/mol. The Morgan fingerprint density at radius 2 is 0.976 bits per heavy atom. The quantitative estimate of drug-likeness (QED) is 0.122. The Balaban J connectivity index is 0.000000169. The van der Waals surface area contributed by atoms with Gasteiger partial charge in [0.05, 0.1) is 12.1 Å². The number of aryl methyl sites for hydroxylation is 4. The summed E-state index contributed by atoms with van der Waals surface area (Å²) in [5, 5.41) is 9.39. The monoisotopic (exact) mass is 577 g/mol. The van der Waals surface area contributed by atoms with Gasteiger partial charge in [-0.3, -0.25) is 9.59 Å². The summed E-state index contributed by atoms with van der Waals surface area (Å²) < 4.78 is 0. The average molecular weight is 578 g/mol. The molecule has 0 aromatic heterocycles. The van der Waals surface area contributed by atoms with Gasteiger partial charge in [-0.05, 0) is 75.7 Å². The van der Waals surface area contributed by atoms with Gasteiger partial charge in [-0.25, -0.2) is 0 Å². The number of amides is 2. The molecule has 0 unspecified atom stereocenters. The Kier molecular flexibility index (Phi) is 9.55. The van der Waals surface area contributed by atoms with Crippen molar-refractivity contribution in [3.05, 3.63) is 152 Å². The number of halogens is 1. The Morgan fingerprint density at radius 1 is 0.643 bits per heavy atom. The van der Waals surface area contributed by atoms with Crippen LogP contribution in [0.5, 0.6) is 0 Å². The van der Waals surface area contributed by atoms with Gasteiger partial charge in [0.15, 0.2) is 0 Å². The van der Waals surface area contributed by atoms with E-state index in [2.05, 4.69) is 81.3 Å². The van der Waals surface area contributed by atoms with Crippen molar-refractivity contribution in [1.29, 1.82) is 0 Å². The van der Waals surface area contributed by atoms with Crippen molar-refractivity contribution in [1.82, 2.24) is 10.6 Å². The third-order valence-electron chi connectivity index (χ3n) is 7.80. The average Bonchev–Trinajstić information content (AvgIpc) is 3.29. The van der Waals surface area contributed by atoms with Crippen LogP contribution in [0.4, 0.5) is 0 Å². The van der Waals surface area contributed by atoms with E-state index in [0.29, 0.717) is 0 Å². The number of nitrogens with zero attached hydrogens (tertiary/aromatic N) is 3. The first-order chi connectivity index (χ1) is 20.6. The molecule has 0 atom stereocenters. The molecule has 0 bridgehead atoms. The van der Waals surface area contributed by atoms with Crippen LogP contribution in [0.1, 0.15) is 56.6 Å². The highest BCUT2D eigenvalue weighted by Crippen LogP contribution is 2.33. The van der Waals surface area contributed by atoms with E-state index in [1.807, 2.05) is 36.4 Å². The van der Waals surface area contributed by atoms with E-state index in [1.165, 1.54) is 33.4 Å². The lowest BCUT2D eigenvalue weighted by Crippen LogP contribution is -2.31. The largest absolute Gasteiger partial charge is 0.345 e. The maximum Gasteiger partial charge on any atom is 0.235 e. The lowest BCUT2D eigenvalue weighted by molar-refractivity contribution is -0.120. The number of fused-ring (bicyclic) bond motifs is 4. The standard InChI is InChI=1S/C17H16ClNO.C17H16N4O/c18-11-16(20)19-17-14-7-3-1-5-12(14)9-10-13-6-2-4-8-15(13)17;18-21-19-11-16(22)20-17-14-7-3-1-5-12(14)9-10-13-6-2-4-8-15(13)17/h1-8,17H,9-11H2,(H,19,20);1-8,17H,9-11H2,(H,20,22). The highest BCUT2D eigenvalue weighted by molar-refractivity contribution is 6.27. The normalized spacial score (nSPS) is 13.6. The third kappa shape index (κ3) is 6.65. The number of azide groups is 1. The molecule has 2 aliphatic rings. The van der Waals surface area contributed by atoms with E-state index < -0.39 is 0 Å². The zero-order chi connectivity index (χ0) is 29.3. The molecule has 8 heteroatoms.